The molecule has 0 spiro atoms. The number of benzene rings is 1. The van der Waals surface area contributed by atoms with Crippen LogP contribution in [0.15, 0.2) is 30.5 Å². The van der Waals surface area contributed by atoms with Crippen LogP contribution >= 0.6 is 0 Å². The van der Waals surface area contributed by atoms with E-state index in [0.717, 1.165) is 30.6 Å². The van der Waals surface area contributed by atoms with Crippen molar-refractivity contribution in [3.8, 4) is 0 Å². The lowest BCUT2D eigenvalue weighted by atomic mass is 10.1. The molecule has 0 amide bonds. The van der Waals surface area contributed by atoms with E-state index >= 15 is 0 Å². The van der Waals surface area contributed by atoms with Crippen molar-refractivity contribution in [2.45, 2.75) is 32.6 Å². The molecular formula is C16H17N3O. The van der Waals surface area contributed by atoms with Crippen molar-refractivity contribution in [2.24, 2.45) is 0 Å². The van der Waals surface area contributed by atoms with Gasteiger partial charge in [0.2, 0.25) is 5.95 Å². The quantitative estimate of drug-likeness (QED) is 0.847. The lowest BCUT2D eigenvalue weighted by Crippen LogP contribution is -2.06. The Morgan fingerprint density at radius 2 is 1.85 bits per heavy atom. The van der Waals surface area contributed by atoms with Crippen LogP contribution in [0.2, 0.25) is 0 Å². The number of hydrogen-bond acceptors (Lipinski definition) is 4. The topological polar surface area (TPSA) is 54.9 Å². The van der Waals surface area contributed by atoms with Crippen LogP contribution in [0.4, 0.5) is 11.6 Å². The van der Waals surface area contributed by atoms with Crippen molar-refractivity contribution in [1.82, 2.24) is 9.97 Å². The molecule has 2 aromatic rings. The zero-order valence-corrected chi connectivity index (χ0v) is 11.5. The molecule has 1 aromatic heterocycles. The zero-order chi connectivity index (χ0) is 13.9. The minimum absolute atomic E-state index is 0.166. The molecular weight excluding hydrogens is 250 g/mol. The van der Waals surface area contributed by atoms with E-state index in [2.05, 4.69) is 15.3 Å². The van der Waals surface area contributed by atoms with Crippen LogP contribution in [0.25, 0.3) is 0 Å². The van der Waals surface area contributed by atoms with Gasteiger partial charge in [-0.15, -0.1) is 0 Å². The number of Topliss-reactive ketones (excluding diaryl/α,β-unsaturated/α-hetero) is 1. The van der Waals surface area contributed by atoms with Gasteiger partial charge in [-0.05, 0) is 38.3 Å². The highest BCUT2D eigenvalue weighted by molar-refractivity contribution is 5.97. The Balaban J connectivity index is 1.86. The van der Waals surface area contributed by atoms with Crippen molar-refractivity contribution < 1.29 is 4.79 Å². The Morgan fingerprint density at radius 3 is 2.65 bits per heavy atom. The molecule has 1 aliphatic carbocycles. The summed E-state index contributed by atoms with van der Waals surface area (Å²) < 4.78 is 0. The Hall–Kier alpha value is -2.23. The number of carbonyl (C=O) groups is 1. The van der Waals surface area contributed by atoms with Gasteiger partial charge < -0.3 is 5.32 Å². The largest absolute Gasteiger partial charge is 0.324 e. The van der Waals surface area contributed by atoms with E-state index < -0.39 is 0 Å². The first-order valence-corrected chi connectivity index (χ1v) is 6.95. The highest BCUT2D eigenvalue weighted by Gasteiger charge is 2.17. The van der Waals surface area contributed by atoms with E-state index in [4.69, 9.17) is 0 Å². The standard InChI is InChI=1S/C16H17N3O/c1-11-6-8-12(9-7-11)18-16-17-10-13-14(19-16)4-2-3-5-15(13)20/h6-10H,2-5H2,1H3,(H,17,18,19). The summed E-state index contributed by atoms with van der Waals surface area (Å²) in [6.07, 6.45) is 5.08. The molecule has 0 fully saturated rings. The van der Waals surface area contributed by atoms with E-state index in [1.54, 1.807) is 6.20 Å². The number of ketones is 1. The maximum Gasteiger partial charge on any atom is 0.227 e. The second kappa shape index (κ2) is 5.41. The molecule has 1 aliphatic rings. The van der Waals surface area contributed by atoms with E-state index in [1.807, 2.05) is 31.2 Å². The normalized spacial score (nSPS) is 14.6. The minimum atomic E-state index is 0.166. The fourth-order valence-corrected chi connectivity index (χ4v) is 2.38. The third kappa shape index (κ3) is 2.69. The molecule has 1 N–H and O–H groups in total. The maximum absolute atomic E-state index is 11.9. The van der Waals surface area contributed by atoms with E-state index in [9.17, 15) is 4.79 Å². The molecule has 0 saturated carbocycles. The van der Waals surface area contributed by atoms with Crippen molar-refractivity contribution in [2.75, 3.05) is 5.32 Å². The fraction of sp³-hybridized carbons (Fsp3) is 0.312. The number of rotatable bonds is 2. The number of aromatic nitrogens is 2. The van der Waals surface area contributed by atoms with Crippen molar-refractivity contribution in [3.05, 3.63) is 47.3 Å². The van der Waals surface area contributed by atoms with Gasteiger partial charge in [0.05, 0.1) is 11.3 Å². The predicted molar refractivity (Wildman–Crippen MR) is 78.4 cm³/mol. The molecule has 0 bridgehead atoms. The number of carbonyl (C=O) groups excluding carboxylic acids is 1. The average Bonchev–Trinajstić information content (AvgIpc) is 2.63. The number of hydrogen-bond donors (Lipinski definition) is 1. The van der Waals surface area contributed by atoms with Crippen LogP contribution in [0, 0.1) is 6.92 Å². The van der Waals surface area contributed by atoms with E-state index in [-0.39, 0.29) is 5.78 Å². The van der Waals surface area contributed by atoms with Gasteiger partial charge in [0.25, 0.3) is 0 Å². The number of nitrogens with one attached hydrogen (secondary N) is 1. The summed E-state index contributed by atoms with van der Waals surface area (Å²) in [4.78, 5) is 20.7. The summed E-state index contributed by atoms with van der Waals surface area (Å²) in [7, 11) is 0. The molecule has 1 heterocycles. The summed E-state index contributed by atoms with van der Waals surface area (Å²) in [5.74, 6) is 0.724. The van der Waals surface area contributed by atoms with Gasteiger partial charge in [-0.25, -0.2) is 9.97 Å². The molecule has 0 aliphatic heterocycles. The molecule has 0 radical (unpaired) electrons. The molecule has 0 unspecified atom stereocenters. The molecule has 3 rings (SSSR count). The SMILES string of the molecule is Cc1ccc(Nc2ncc3c(n2)CCCCC3=O)cc1. The highest BCUT2D eigenvalue weighted by Crippen LogP contribution is 2.21. The number of aryl methyl sites for hydroxylation is 2. The third-order valence-electron chi connectivity index (χ3n) is 3.54. The first kappa shape index (κ1) is 12.8. The van der Waals surface area contributed by atoms with Crippen molar-refractivity contribution in [3.63, 3.8) is 0 Å². The summed E-state index contributed by atoms with van der Waals surface area (Å²) in [6, 6.07) is 8.07. The van der Waals surface area contributed by atoms with Gasteiger partial charge >= 0.3 is 0 Å². The smallest absolute Gasteiger partial charge is 0.227 e. The summed E-state index contributed by atoms with van der Waals surface area (Å²) in [5.41, 5.74) is 3.73. The summed E-state index contributed by atoms with van der Waals surface area (Å²) >= 11 is 0. The van der Waals surface area contributed by atoms with Crippen LogP contribution in [-0.2, 0) is 6.42 Å². The third-order valence-corrected chi connectivity index (χ3v) is 3.54. The van der Waals surface area contributed by atoms with Crippen molar-refractivity contribution in [1.29, 1.82) is 0 Å². The van der Waals surface area contributed by atoms with Crippen LogP contribution in [0.5, 0.6) is 0 Å². The molecule has 4 nitrogen and oxygen atoms in total. The highest BCUT2D eigenvalue weighted by atomic mass is 16.1. The average molecular weight is 267 g/mol. The lowest BCUT2D eigenvalue weighted by molar-refractivity contribution is 0.0981. The summed E-state index contributed by atoms with van der Waals surface area (Å²) in [5, 5.41) is 3.18. The summed E-state index contributed by atoms with van der Waals surface area (Å²) in [6.45, 7) is 2.05. The van der Waals surface area contributed by atoms with Gasteiger partial charge in [-0.1, -0.05) is 17.7 Å². The zero-order valence-electron chi connectivity index (χ0n) is 11.5. The fourth-order valence-electron chi connectivity index (χ4n) is 2.38. The van der Waals surface area contributed by atoms with Gasteiger partial charge in [-0.3, -0.25) is 4.79 Å². The minimum Gasteiger partial charge on any atom is -0.324 e. The Labute approximate surface area is 118 Å². The number of nitrogens with zero attached hydrogens (tertiary/aromatic N) is 2. The second-order valence-corrected chi connectivity index (χ2v) is 5.18. The van der Waals surface area contributed by atoms with Gasteiger partial charge in [-0.2, -0.15) is 0 Å². The predicted octanol–water partition coefficient (Wildman–Crippen LogP) is 3.44. The molecule has 0 atom stereocenters. The van der Waals surface area contributed by atoms with Gasteiger partial charge in [0.15, 0.2) is 5.78 Å². The van der Waals surface area contributed by atoms with Crippen LogP contribution in [-0.4, -0.2) is 15.8 Å². The van der Waals surface area contributed by atoms with Gasteiger partial charge in [0.1, 0.15) is 0 Å². The van der Waals surface area contributed by atoms with Crippen LogP contribution < -0.4 is 5.32 Å². The Morgan fingerprint density at radius 1 is 1.10 bits per heavy atom. The molecule has 4 heteroatoms. The molecule has 102 valence electrons. The van der Waals surface area contributed by atoms with E-state index in [0.29, 0.717) is 17.9 Å². The molecule has 1 aromatic carbocycles. The number of fused-ring (bicyclic) bond motifs is 1. The lowest BCUT2D eigenvalue weighted by Gasteiger charge is -2.08. The van der Waals surface area contributed by atoms with Gasteiger partial charge in [0, 0.05) is 18.3 Å². The maximum atomic E-state index is 11.9. The van der Waals surface area contributed by atoms with Crippen molar-refractivity contribution >= 4 is 17.4 Å². The Kier molecular flexibility index (Phi) is 3.46. The number of anilines is 2. The van der Waals surface area contributed by atoms with Crippen LogP contribution in [0.1, 0.15) is 40.9 Å². The van der Waals surface area contributed by atoms with E-state index in [1.165, 1.54) is 5.56 Å². The first-order chi connectivity index (χ1) is 9.72. The van der Waals surface area contributed by atoms with Crippen LogP contribution in [0.3, 0.4) is 0 Å². The molecule has 20 heavy (non-hydrogen) atoms. The first-order valence-electron chi connectivity index (χ1n) is 6.95. The monoisotopic (exact) mass is 267 g/mol. The Bertz CT molecular complexity index is 635. The molecule has 0 saturated heterocycles. The second-order valence-electron chi connectivity index (χ2n) is 5.18.